The van der Waals surface area contributed by atoms with E-state index >= 15 is 0 Å². The van der Waals surface area contributed by atoms with Crippen LogP contribution in [0.4, 0.5) is 11.5 Å². The summed E-state index contributed by atoms with van der Waals surface area (Å²) in [5, 5.41) is 0.475. The lowest BCUT2D eigenvalue weighted by Gasteiger charge is -2.09. The number of hydrogen-bond acceptors (Lipinski definition) is 4. The molecule has 0 saturated carbocycles. The number of aromatic nitrogens is 2. The minimum Gasteiger partial charge on any atom is -0.381 e. The van der Waals surface area contributed by atoms with Crippen LogP contribution in [-0.4, -0.2) is 18.0 Å². The predicted molar refractivity (Wildman–Crippen MR) is 74.9 cm³/mol. The number of sulfonamides is 1. The average molecular weight is 321 g/mol. The van der Waals surface area contributed by atoms with E-state index in [2.05, 4.69) is 9.71 Å². The van der Waals surface area contributed by atoms with Crippen LogP contribution >= 0.6 is 23.2 Å². The van der Waals surface area contributed by atoms with E-state index in [0.717, 1.165) is 0 Å². The molecule has 19 heavy (non-hydrogen) atoms. The normalized spacial score (nSPS) is 11.5. The van der Waals surface area contributed by atoms with Gasteiger partial charge in [0, 0.05) is 7.05 Å². The molecular formula is C10H10Cl2N4O2S. The van der Waals surface area contributed by atoms with Crippen molar-refractivity contribution in [1.29, 1.82) is 0 Å². The molecule has 2 rings (SSSR count). The van der Waals surface area contributed by atoms with Gasteiger partial charge in [-0.2, -0.15) is 8.42 Å². The zero-order valence-corrected chi connectivity index (χ0v) is 12.1. The molecule has 3 N–H and O–H groups in total. The van der Waals surface area contributed by atoms with Crippen LogP contribution < -0.4 is 10.5 Å². The van der Waals surface area contributed by atoms with E-state index in [-0.39, 0.29) is 21.6 Å². The zero-order valence-electron chi connectivity index (χ0n) is 9.76. The van der Waals surface area contributed by atoms with Gasteiger partial charge in [-0.1, -0.05) is 23.2 Å². The smallest absolute Gasteiger partial charge is 0.281 e. The molecule has 1 heterocycles. The van der Waals surface area contributed by atoms with Crippen molar-refractivity contribution in [3.8, 4) is 0 Å². The molecule has 0 unspecified atom stereocenters. The minimum atomic E-state index is -3.84. The topological polar surface area (TPSA) is 90.0 Å². The molecule has 0 aliphatic carbocycles. The van der Waals surface area contributed by atoms with Crippen LogP contribution in [0.5, 0.6) is 0 Å². The third kappa shape index (κ3) is 2.78. The van der Waals surface area contributed by atoms with Gasteiger partial charge in [-0.3, -0.25) is 4.72 Å². The van der Waals surface area contributed by atoms with Crippen molar-refractivity contribution in [2.75, 3.05) is 10.5 Å². The number of imidazole rings is 1. The van der Waals surface area contributed by atoms with Gasteiger partial charge in [-0.25, -0.2) is 4.98 Å². The summed E-state index contributed by atoms with van der Waals surface area (Å²) >= 11 is 11.6. The number of nitrogens with zero attached hydrogens (tertiary/aromatic N) is 2. The first kappa shape index (κ1) is 14.0. The van der Waals surface area contributed by atoms with Crippen LogP contribution in [0.3, 0.4) is 0 Å². The number of nitrogens with two attached hydrogens (primary N) is 1. The third-order valence-corrected chi connectivity index (χ3v) is 4.59. The van der Waals surface area contributed by atoms with Gasteiger partial charge >= 0.3 is 0 Å². The Morgan fingerprint density at radius 1 is 1.32 bits per heavy atom. The number of rotatable bonds is 3. The Labute approximate surface area is 120 Å². The maximum atomic E-state index is 12.2. The van der Waals surface area contributed by atoms with Crippen molar-refractivity contribution in [1.82, 2.24) is 9.55 Å². The van der Waals surface area contributed by atoms with E-state index < -0.39 is 10.0 Å². The van der Waals surface area contributed by atoms with Crippen LogP contribution in [-0.2, 0) is 17.1 Å². The van der Waals surface area contributed by atoms with Gasteiger partial charge in [-0.05, 0) is 18.2 Å². The number of halogens is 2. The maximum Gasteiger partial charge on any atom is 0.281 e. The molecule has 102 valence electrons. The lowest BCUT2D eigenvalue weighted by Crippen LogP contribution is -2.17. The van der Waals surface area contributed by atoms with Crippen molar-refractivity contribution in [2.24, 2.45) is 7.05 Å². The second-order valence-electron chi connectivity index (χ2n) is 3.78. The van der Waals surface area contributed by atoms with Crippen molar-refractivity contribution in [3.63, 3.8) is 0 Å². The van der Waals surface area contributed by atoms with Gasteiger partial charge in [-0.15, -0.1) is 0 Å². The molecule has 0 aliphatic heterocycles. The molecule has 1 aromatic heterocycles. The second-order valence-corrected chi connectivity index (χ2v) is 6.19. The fourth-order valence-electron chi connectivity index (χ4n) is 1.53. The summed E-state index contributed by atoms with van der Waals surface area (Å²) < 4.78 is 28.0. The highest BCUT2D eigenvalue weighted by Crippen LogP contribution is 2.27. The fraction of sp³-hybridized carbons (Fsp3) is 0.100. The quantitative estimate of drug-likeness (QED) is 0.906. The van der Waals surface area contributed by atoms with Crippen LogP contribution in [0.25, 0.3) is 0 Å². The molecule has 0 amide bonds. The first-order chi connectivity index (χ1) is 8.81. The molecule has 0 bridgehead atoms. The first-order valence-corrected chi connectivity index (χ1v) is 7.30. The molecule has 2 aromatic rings. The van der Waals surface area contributed by atoms with Gasteiger partial charge in [0.05, 0.1) is 22.1 Å². The second kappa shape index (κ2) is 4.92. The van der Waals surface area contributed by atoms with Gasteiger partial charge in [0.2, 0.25) is 0 Å². The number of benzene rings is 1. The summed E-state index contributed by atoms with van der Waals surface area (Å²) in [6.45, 7) is 0. The number of nitrogen functional groups attached to an aromatic ring is 1. The summed E-state index contributed by atoms with van der Waals surface area (Å²) in [5.41, 5.74) is 5.82. The number of aryl methyl sites for hydroxylation is 1. The first-order valence-electron chi connectivity index (χ1n) is 5.06. The Hall–Kier alpha value is -1.44. The van der Waals surface area contributed by atoms with Gasteiger partial charge in [0.15, 0.2) is 10.8 Å². The highest BCUT2D eigenvalue weighted by Gasteiger charge is 2.22. The summed E-state index contributed by atoms with van der Waals surface area (Å²) in [7, 11) is -2.30. The molecule has 6 nitrogen and oxygen atoms in total. The minimum absolute atomic E-state index is 0.0740. The van der Waals surface area contributed by atoms with Crippen LogP contribution in [0.2, 0.25) is 10.0 Å². The summed E-state index contributed by atoms with van der Waals surface area (Å²) in [4.78, 5) is 3.73. The van der Waals surface area contributed by atoms with Crippen molar-refractivity contribution in [3.05, 3.63) is 34.6 Å². The number of nitrogens with one attached hydrogen (secondary N) is 1. The van der Waals surface area contributed by atoms with Gasteiger partial charge in [0.1, 0.15) is 0 Å². The molecule has 0 saturated heterocycles. The van der Waals surface area contributed by atoms with Crippen LogP contribution in [0.15, 0.2) is 29.6 Å². The Morgan fingerprint density at radius 3 is 2.53 bits per heavy atom. The highest BCUT2D eigenvalue weighted by molar-refractivity contribution is 7.92. The average Bonchev–Trinajstić information content (AvgIpc) is 2.64. The Morgan fingerprint density at radius 2 is 2.00 bits per heavy atom. The predicted octanol–water partition coefficient (Wildman–Crippen LogP) is 2.11. The van der Waals surface area contributed by atoms with Crippen LogP contribution in [0.1, 0.15) is 0 Å². The van der Waals surface area contributed by atoms with Crippen molar-refractivity contribution in [2.45, 2.75) is 5.03 Å². The zero-order chi connectivity index (χ0) is 14.2. The Kier molecular flexibility index (Phi) is 3.62. The fourth-order valence-corrected chi connectivity index (χ4v) is 3.11. The number of hydrogen-bond donors (Lipinski definition) is 2. The van der Waals surface area contributed by atoms with Crippen LogP contribution in [0, 0.1) is 0 Å². The van der Waals surface area contributed by atoms with E-state index in [1.54, 1.807) is 0 Å². The SMILES string of the molecule is Cn1cnc(N)c1S(=O)(=O)Nc1ccc(Cl)c(Cl)c1. The third-order valence-electron chi connectivity index (χ3n) is 2.34. The number of anilines is 2. The molecule has 0 atom stereocenters. The monoisotopic (exact) mass is 320 g/mol. The van der Waals surface area contributed by atoms with E-state index in [0.29, 0.717) is 5.02 Å². The molecular weight excluding hydrogens is 311 g/mol. The molecule has 9 heteroatoms. The van der Waals surface area contributed by atoms with Crippen molar-refractivity contribution < 1.29 is 8.42 Å². The van der Waals surface area contributed by atoms with E-state index in [1.807, 2.05) is 0 Å². The Balaban J connectivity index is 2.39. The maximum absolute atomic E-state index is 12.2. The summed E-state index contributed by atoms with van der Waals surface area (Å²) in [5.74, 6) is -0.0740. The molecule has 0 radical (unpaired) electrons. The van der Waals surface area contributed by atoms with E-state index in [1.165, 1.54) is 36.1 Å². The van der Waals surface area contributed by atoms with Gasteiger partial charge < -0.3 is 10.3 Å². The largest absolute Gasteiger partial charge is 0.381 e. The Bertz CT molecular complexity index is 708. The molecule has 0 spiro atoms. The standard InChI is InChI=1S/C10H10Cl2N4O2S/c1-16-5-14-9(13)10(16)19(17,18)15-6-2-3-7(11)8(12)4-6/h2-5,15H,13H2,1H3. The lowest BCUT2D eigenvalue weighted by atomic mass is 10.3. The van der Waals surface area contributed by atoms with E-state index in [4.69, 9.17) is 28.9 Å². The molecule has 1 aromatic carbocycles. The lowest BCUT2D eigenvalue weighted by molar-refractivity contribution is 0.592. The highest BCUT2D eigenvalue weighted by atomic mass is 35.5. The summed E-state index contributed by atoms with van der Waals surface area (Å²) in [6, 6.07) is 4.40. The van der Waals surface area contributed by atoms with E-state index in [9.17, 15) is 8.42 Å². The molecule has 0 fully saturated rings. The van der Waals surface area contributed by atoms with Gasteiger partial charge in [0.25, 0.3) is 10.0 Å². The molecule has 0 aliphatic rings. The summed E-state index contributed by atoms with van der Waals surface area (Å²) in [6.07, 6.45) is 1.32. The van der Waals surface area contributed by atoms with Crippen molar-refractivity contribution >= 4 is 44.7 Å².